The average Bonchev–Trinajstić information content (AvgIpc) is 2.79. The summed E-state index contributed by atoms with van der Waals surface area (Å²) in [4.78, 5) is 25.4. The number of amides is 1. The Kier molecular flexibility index (Phi) is 4.87. The molecular weight excluding hydrogens is 314 g/mol. The van der Waals surface area contributed by atoms with Crippen molar-refractivity contribution in [3.05, 3.63) is 0 Å². The van der Waals surface area contributed by atoms with E-state index in [1.54, 1.807) is 0 Å². The highest BCUT2D eigenvalue weighted by molar-refractivity contribution is 8.00. The molecule has 120 valence electrons. The van der Waals surface area contributed by atoms with Crippen molar-refractivity contribution in [1.82, 2.24) is 4.90 Å². The van der Waals surface area contributed by atoms with Crippen LogP contribution in [0.15, 0.2) is 0 Å². The second-order valence-electron chi connectivity index (χ2n) is 6.02. The maximum absolute atomic E-state index is 12.7. The summed E-state index contributed by atoms with van der Waals surface area (Å²) in [6.07, 6.45) is 2.14. The fourth-order valence-electron chi connectivity index (χ4n) is 3.24. The van der Waals surface area contributed by atoms with Gasteiger partial charge in [-0.3, -0.25) is 9.59 Å². The van der Waals surface area contributed by atoms with E-state index in [4.69, 9.17) is 0 Å². The van der Waals surface area contributed by atoms with Gasteiger partial charge in [-0.05, 0) is 18.8 Å². The minimum Gasteiger partial charge on any atom is -0.481 e. The number of thioether (sulfide) groups is 1. The van der Waals surface area contributed by atoms with E-state index in [2.05, 4.69) is 0 Å². The van der Waals surface area contributed by atoms with E-state index in [1.165, 1.54) is 16.7 Å². The van der Waals surface area contributed by atoms with Crippen molar-refractivity contribution in [1.29, 1.82) is 0 Å². The number of carboxylic acids is 1. The smallest absolute Gasteiger partial charge is 0.307 e. The molecule has 0 aromatic rings. The van der Waals surface area contributed by atoms with Crippen molar-refractivity contribution >= 4 is 33.5 Å². The Labute approximate surface area is 129 Å². The molecule has 0 aromatic heterocycles. The normalized spacial score (nSPS) is 33.9. The standard InChI is InChI=1S/C13H21NO5S2/c1-8-5-9(10(6-8)13(16)17)12(15)14-3-4-20-7-11(14)21(2,18)19/h8-11H,3-7H2,1-2H3,(H,16,17)/t8?,9-,10+,11?/m0/s1. The summed E-state index contributed by atoms with van der Waals surface area (Å²) < 4.78 is 23.7. The van der Waals surface area contributed by atoms with Crippen LogP contribution in [-0.2, 0) is 19.4 Å². The van der Waals surface area contributed by atoms with Crippen LogP contribution in [0.1, 0.15) is 19.8 Å². The lowest BCUT2D eigenvalue weighted by Gasteiger charge is -2.36. The third-order valence-electron chi connectivity index (χ3n) is 4.29. The van der Waals surface area contributed by atoms with Crippen molar-refractivity contribution < 1.29 is 23.1 Å². The van der Waals surface area contributed by atoms with Crippen molar-refractivity contribution in [3.8, 4) is 0 Å². The third kappa shape index (κ3) is 3.53. The van der Waals surface area contributed by atoms with Crippen molar-refractivity contribution in [2.24, 2.45) is 17.8 Å². The Morgan fingerprint density at radius 3 is 2.43 bits per heavy atom. The van der Waals surface area contributed by atoms with Gasteiger partial charge in [-0.2, -0.15) is 11.8 Å². The van der Waals surface area contributed by atoms with Gasteiger partial charge in [-0.15, -0.1) is 0 Å². The second-order valence-corrected chi connectivity index (χ2v) is 9.37. The lowest BCUT2D eigenvalue weighted by molar-refractivity contribution is -0.149. The van der Waals surface area contributed by atoms with E-state index in [-0.39, 0.29) is 11.8 Å². The molecule has 1 saturated carbocycles. The predicted octanol–water partition coefficient (Wildman–Crippen LogP) is 0.679. The highest BCUT2D eigenvalue weighted by Gasteiger charge is 2.45. The monoisotopic (exact) mass is 335 g/mol. The van der Waals surface area contributed by atoms with Crippen LogP contribution < -0.4 is 0 Å². The maximum Gasteiger partial charge on any atom is 0.307 e. The van der Waals surface area contributed by atoms with Gasteiger partial charge >= 0.3 is 5.97 Å². The lowest BCUT2D eigenvalue weighted by atomic mass is 9.94. The molecule has 2 unspecified atom stereocenters. The first-order valence-corrected chi connectivity index (χ1v) is 10.1. The Bertz CT molecular complexity index is 533. The van der Waals surface area contributed by atoms with Crippen LogP contribution in [0.4, 0.5) is 0 Å². The zero-order chi connectivity index (χ0) is 15.8. The molecular formula is C13H21NO5S2. The van der Waals surface area contributed by atoms with Gasteiger partial charge in [0.2, 0.25) is 5.91 Å². The highest BCUT2D eigenvalue weighted by Crippen LogP contribution is 2.38. The molecule has 0 bridgehead atoms. The number of hydrogen-bond acceptors (Lipinski definition) is 5. The van der Waals surface area contributed by atoms with E-state index in [0.29, 0.717) is 30.9 Å². The van der Waals surface area contributed by atoms with Gasteiger partial charge in [0.15, 0.2) is 9.84 Å². The Hall–Kier alpha value is -0.760. The number of carbonyl (C=O) groups excluding carboxylic acids is 1. The molecule has 0 radical (unpaired) electrons. The minimum absolute atomic E-state index is 0.177. The topological polar surface area (TPSA) is 91.8 Å². The van der Waals surface area contributed by atoms with E-state index in [9.17, 15) is 23.1 Å². The van der Waals surface area contributed by atoms with Gasteiger partial charge in [0.05, 0.1) is 11.8 Å². The summed E-state index contributed by atoms with van der Waals surface area (Å²) in [5, 5.41) is 8.46. The molecule has 0 aromatic carbocycles. The first-order chi connectivity index (χ1) is 9.71. The van der Waals surface area contributed by atoms with Crippen molar-refractivity contribution in [2.45, 2.75) is 25.1 Å². The highest BCUT2D eigenvalue weighted by atomic mass is 32.2. The first-order valence-electron chi connectivity index (χ1n) is 7.01. The van der Waals surface area contributed by atoms with Gasteiger partial charge in [0.1, 0.15) is 5.37 Å². The van der Waals surface area contributed by atoms with Gasteiger partial charge in [0, 0.05) is 24.3 Å². The number of aliphatic carboxylic acids is 1. The molecule has 6 nitrogen and oxygen atoms in total. The number of carboxylic acid groups (broad SMARTS) is 1. The maximum atomic E-state index is 12.7. The molecule has 1 N–H and O–H groups in total. The summed E-state index contributed by atoms with van der Waals surface area (Å²) in [6, 6.07) is 0. The minimum atomic E-state index is -3.36. The molecule has 1 aliphatic heterocycles. The largest absolute Gasteiger partial charge is 0.481 e. The predicted molar refractivity (Wildman–Crippen MR) is 80.7 cm³/mol. The van der Waals surface area contributed by atoms with E-state index >= 15 is 0 Å². The fourth-order valence-corrected chi connectivity index (χ4v) is 6.06. The average molecular weight is 335 g/mol. The van der Waals surface area contributed by atoms with Crippen molar-refractivity contribution in [3.63, 3.8) is 0 Å². The molecule has 0 spiro atoms. The van der Waals surface area contributed by atoms with Crippen LogP contribution in [0.25, 0.3) is 0 Å². The van der Waals surface area contributed by atoms with Crippen molar-refractivity contribution in [2.75, 3.05) is 24.3 Å². The van der Waals surface area contributed by atoms with Crippen LogP contribution in [-0.4, -0.2) is 60.0 Å². The van der Waals surface area contributed by atoms with Crippen LogP contribution in [0, 0.1) is 17.8 Å². The van der Waals surface area contributed by atoms with E-state index in [1.807, 2.05) is 6.92 Å². The molecule has 1 heterocycles. The van der Waals surface area contributed by atoms with Gasteiger partial charge < -0.3 is 10.0 Å². The summed E-state index contributed by atoms with van der Waals surface area (Å²) in [5.41, 5.74) is 0. The third-order valence-corrected chi connectivity index (χ3v) is 6.94. The Balaban J connectivity index is 2.22. The molecule has 2 fully saturated rings. The molecule has 1 saturated heterocycles. The molecule has 21 heavy (non-hydrogen) atoms. The summed E-state index contributed by atoms with van der Waals surface area (Å²) in [7, 11) is -3.36. The summed E-state index contributed by atoms with van der Waals surface area (Å²) >= 11 is 1.51. The SMILES string of the molecule is CC1C[C@H](C(=O)N2CCSCC2S(C)(=O)=O)[C@H](C(=O)O)C1. The Morgan fingerprint density at radius 1 is 1.24 bits per heavy atom. The molecule has 1 amide bonds. The first kappa shape index (κ1) is 16.6. The zero-order valence-electron chi connectivity index (χ0n) is 12.2. The lowest BCUT2D eigenvalue weighted by Crippen LogP contribution is -2.52. The second kappa shape index (κ2) is 6.16. The number of rotatable bonds is 3. The zero-order valence-corrected chi connectivity index (χ0v) is 13.8. The molecule has 1 aliphatic carbocycles. The molecule has 8 heteroatoms. The van der Waals surface area contributed by atoms with Gasteiger partial charge in [-0.25, -0.2) is 8.42 Å². The number of carbonyl (C=O) groups is 2. The quantitative estimate of drug-likeness (QED) is 0.815. The van der Waals surface area contributed by atoms with Gasteiger partial charge in [-0.1, -0.05) is 6.92 Å². The number of nitrogens with zero attached hydrogens (tertiary/aromatic N) is 1. The van der Waals surface area contributed by atoms with Crippen LogP contribution in [0.2, 0.25) is 0 Å². The number of sulfone groups is 1. The van der Waals surface area contributed by atoms with Crippen LogP contribution >= 0.6 is 11.8 Å². The van der Waals surface area contributed by atoms with E-state index < -0.39 is 33.0 Å². The molecule has 4 atom stereocenters. The summed E-state index contributed by atoms with van der Waals surface area (Å²) in [5.74, 6) is -1.31. The van der Waals surface area contributed by atoms with Crippen LogP contribution in [0.3, 0.4) is 0 Å². The van der Waals surface area contributed by atoms with Gasteiger partial charge in [0.25, 0.3) is 0 Å². The number of hydrogen-bond donors (Lipinski definition) is 1. The summed E-state index contributed by atoms with van der Waals surface area (Å²) in [6.45, 7) is 2.31. The molecule has 2 aliphatic rings. The van der Waals surface area contributed by atoms with Crippen LogP contribution in [0.5, 0.6) is 0 Å². The fraction of sp³-hybridized carbons (Fsp3) is 0.846. The molecule has 2 rings (SSSR count). The van der Waals surface area contributed by atoms with E-state index in [0.717, 1.165) is 6.26 Å². The Morgan fingerprint density at radius 2 is 1.86 bits per heavy atom.